The van der Waals surface area contributed by atoms with E-state index in [9.17, 15) is 4.79 Å². The minimum atomic E-state index is -0.271. The number of carbonyl (C=O) groups is 1. The van der Waals surface area contributed by atoms with Gasteiger partial charge in [-0.15, -0.1) is 0 Å². The van der Waals surface area contributed by atoms with E-state index in [1.165, 1.54) is 49.9 Å². The Morgan fingerprint density at radius 3 is 2.00 bits per heavy atom. The fraction of sp³-hybridized carbons (Fsp3) is 0.526. The number of nitriles is 1. The summed E-state index contributed by atoms with van der Waals surface area (Å²) in [6, 6.07) is 15.6. The quantitative estimate of drug-likeness (QED) is 0.0453. The molecule has 47 heavy (non-hydrogen) atoms. The van der Waals surface area contributed by atoms with Crippen molar-refractivity contribution in [1.82, 2.24) is 0 Å². The third kappa shape index (κ3) is 17.3. The number of hydrogen-bond donors (Lipinski definition) is 4. The van der Waals surface area contributed by atoms with Gasteiger partial charge in [0.1, 0.15) is 6.07 Å². The van der Waals surface area contributed by atoms with Crippen molar-refractivity contribution in [2.45, 2.75) is 94.0 Å². The van der Waals surface area contributed by atoms with Gasteiger partial charge in [-0.05, 0) is 97.0 Å². The third-order valence-corrected chi connectivity index (χ3v) is 8.35. The van der Waals surface area contributed by atoms with Crippen LogP contribution in [0.1, 0.15) is 102 Å². The van der Waals surface area contributed by atoms with Gasteiger partial charge in [-0.1, -0.05) is 85.9 Å². The lowest BCUT2D eigenvalue weighted by atomic mass is 9.97. The van der Waals surface area contributed by atoms with Gasteiger partial charge in [-0.2, -0.15) is 5.26 Å². The maximum Gasteiger partial charge on any atom is 0.338 e. The standard InChI is InChI=1S/C20H36N2.C12H17NO2.C6H9N3S/c1-6-10-18(9-4)15-22(14-17(7-2)8-3)19-11-12-20(21)16(5)13-19;1-9(2)8-15-12(14)11-5-3-10(7-13)4-6-11;1-4(2)5(3-7)6(8)10-9/h11-13,17-18H,6-10,14-15,21H2,1-5H3;3-6,9H,7-8,13H2,1-2H3;1,8-9H2,2H3/b;;6-5-. The molecule has 2 rings (SSSR count). The van der Waals surface area contributed by atoms with Crippen LogP contribution in [0.25, 0.3) is 0 Å². The minimum Gasteiger partial charge on any atom is -0.462 e. The zero-order valence-corrected chi connectivity index (χ0v) is 31.1. The number of carbonyl (C=O) groups excluding carboxylic acids is 1. The predicted molar refractivity (Wildman–Crippen MR) is 203 cm³/mol. The maximum absolute atomic E-state index is 11.5. The van der Waals surface area contributed by atoms with E-state index in [0.29, 0.717) is 40.8 Å². The molecule has 0 bridgehead atoms. The van der Waals surface area contributed by atoms with Crippen molar-refractivity contribution < 1.29 is 9.53 Å². The highest BCUT2D eigenvalue weighted by Gasteiger charge is 2.17. The van der Waals surface area contributed by atoms with Crippen LogP contribution in [-0.2, 0) is 11.3 Å². The number of ether oxygens (including phenoxy) is 1. The summed E-state index contributed by atoms with van der Waals surface area (Å²) in [5.74, 6) is 1.65. The van der Waals surface area contributed by atoms with Crippen molar-refractivity contribution in [3.63, 3.8) is 0 Å². The van der Waals surface area contributed by atoms with Crippen LogP contribution < -0.4 is 27.2 Å². The third-order valence-electron chi connectivity index (χ3n) is 7.89. The molecule has 8 nitrogen and oxygen atoms in total. The van der Waals surface area contributed by atoms with Gasteiger partial charge in [0.05, 0.1) is 22.8 Å². The predicted octanol–water partition coefficient (Wildman–Crippen LogP) is 8.47. The second-order valence-corrected chi connectivity index (χ2v) is 13.0. The highest BCUT2D eigenvalue weighted by molar-refractivity contribution is 8.00. The molecule has 0 amide bonds. The first-order valence-electron chi connectivity index (χ1n) is 16.8. The summed E-state index contributed by atoms with van der Waals surface area (Å²) in [5.41, 5.74) is 22.8. The molecular formula is C38H62N6O2S. The van der Waals surface area contributed by atoms with Crippen LogP contribution in [0.2, 0.25) is 0 Å². The van der Waals surface area contributed by atoms with Gasteiger partial charge in [0.15, 0.2) is 0 Å². The Hall–Kier alpha value is -3.45. The first-order chi connectivity index (χ1) is 22.3. The van der Waals surface area contributed by atoms with Gasteiger partial charge in [0.2, 0.25) is 0 Å². The number of benzene rings is 2. The largest absolute Gasteiger partial charge is 0.462 e. The Labute approximate surface area is 290 Å². The summed E-state index contributed by atoms with van der Waals surface area (Å²) in [6.07, 6.45) is 6.38. The van der Waals surface area contributed by atoms with Gasteiger partial charge in [-0.25, -0.2) is 4.79 Å². The number of rotatable bonds is 16. The topological polar surface area (TPSA) is 157 Å². The van der Waals surface area contributed by atoms with E-state index in [1.54, 1.807) is 19.1 Å². The van der Waals surface area contributed by atoms with E-state index in [4.69, 9.17) is 32.3 Å². The SMILES string of the molecule is C=C(C)/C(C#N)=C(/N)SN.CC(C)COC(=O)c1ccc(CN)cc1.CCCC(CC)CN(CC(CC)CC)c1ccc(N)c(C)c1. The summed E-state index contributed by atoms with van der Waals surface area (Å²) in [5, 5.41) is 13.9. The monoisotopic (exact) mass is 666 g/mol. The van der Waals surface area contributed by atoms with E-state index >= 15 is 0 Å². The first kappa shape index (κ1) is 43.5. The van der Waals surface area contributed by atoms with Crippen LogP contribution >= 0.6 is 11.9 Å². The molecule has 0 aliphatic rings. The van der Waals surface area contributed by atoms with Gasteiger partial charge in [-0.3, -0.25) is 5.14 Å². The number of esters is 1. The second-order valence-electron chi connectivity index (χ2n) is 12.3. The van der Waals surface area contributed by atoms with E-state index < -0.39 is 0 Å². The van der Waals surface area contributed by atoms with Crippen molar-refractivity contribution in [2.24, 2.45) is 34.4 Å². The Morgan fingerprint density at radius 1 is 1.02 bits per heavy atom. The molecular weight excluding hydrogens is 605 g/mol. The fourth-order valence-electron chi connectivity index (χ4n) is 4.67. The number of nitrogen functional groups attached to an aromatic ring is 1. The molecule has 1 atom stereocenters. The van der Waals surface area contributed by atoms with Gasteiger partial charge < -0.3 is 26.8 Å². The molecule has 0 saturated heterocycles. The van der Waals surface area contributed by atoms with E-state index in [-0.39, 0.29) is 5.97 Å². The number of nitrogens with two attached hydrogens (primary N) is 4. The molecule has 8 N–H and O–H groups in total. The summed E-state index contributed by atoms with van der Waals surface area (Å²) in [4.78, 5) is 14.1. The minimum absolute atomic E-state index is 0.271. The lowest BCUT2D eigenvalue weighted by Crippen LogP contribution is -2.34. The summed E-state index contributed by atoms with van der Waals surface area (Å²) >= 11 is 0.860. The molecule has 262 valence electrons. The van der Waals surface area contributed by atoms with Crippen LogP contribution in [0.15, 0.2) is 65.2 Å². The van der Waals surface area contributed by atoms with E-state index in [1.807, 2.05) is 32.0 Å². The summed E-state index contributed by atoms with van der Waals surface area (Å²) in [6.45, 7) is 23.9. The number of allylic oxidation sites excluding steroid dienone is 2. The smallest absolute Gasteiger partial charge is 0.338 e. The van der Waals surface area contributed by atoms with Crippen molar-refractivity contribution in [3.8, 4) is 6.07 Å². The number of nitrogens with zero attached hydrogens (tertiary/aromatic N) is 2. The highest BCUT2D eigenvalue weighted by atomic mass is 32.2. The first-order valence-corrected chi connectivity index (χ1v) is 17.7. The van der Waals surface area contributed by atoms with Gasteiger partial charge >= 0.3 is 5.97 Å². The van der Waals surface area contributed by atoms with E-state index in [0.717, 1.165) is 41.6 Å². The average Bonchev–Trinajstić information content (AvgIpc) is 3.06. The lowest BCUT2D eigenvalue weighted by Gasteiger charge is -2.32. The van der Waals surface area contributed by atoms with Crippen LogP contribution in [0.5, 0.6) is 0 Å². The molecule has 0 aromatic heterocycles. The molecule has 9 heteroatoms. The lowest BCUT2D eigenvalue weighted by molar-refractivity contribution is 0.0459. The average molecular weight is 667 g/mol. The molecule has 0 saturated carbocycles. The van der Waals surface area contributed by atoms with Gasteiger partial charge in [0.25, 0.3) is 0 Å². The van der Waals surface area contributed by atoms with Crippen molar-refractivity contribution in [1.29, 1.82) is 5.26 Å². The van der Waals surface area contributed by atoms with Crippen molar-refractivity contribution in [2.75, 3.05) is 30.3 Å². The Bertz CT molecular complexity index is 1270. The molecule has 0 fully saturated rings. The highest BCUT2D eigenvalue weighted by Crippen LogP contribution is 2.25. The Kier molecular flexibility index (Phi) is 22.9. The Morgan fingerprint density at radius 2 is 1.60 bits per heavy atom. The number of aryl methyl sites for hydroxylation is 1. The van der Waals surface area contributed by atoms with Crippen molar-refractivity contribution >= 4 is 29.3 Å². The van der Waals surface area contributed by atoms with Crippen molar-refractivity contribution in [3.05, 3.63) is 81.9 Å². The molecule has 0 aliphatic carbocycles. The van der Waals surface area contributed by atoms with Gasteiger partial charge in [0, 0.05) is 31.0 Å². The normalized spacial score (nSPS) is 11.7. The summed E-state index contributed by atoms with van der Waals surface area (Å²) in [7, 11) is 0. The fourth-order valence-corrected chi connectivity index (χ4v) is 5.00. The van der Waals surface area contributed by atoms with E-state index in [2.05, 4.69) is 64.3 Å². The van der Waals surface area contributed by atoms with Crippen LogP contribution in [0.3, 0.4) is 0 Å². The molecule has 0 heterocycles. The van der Waals surface area contributed by atoms with Crippen LogP contribution in [0.4, 0.5) is 11.4 Å². The number of anilines is 2. The molecule has 0 aliphatic heterocycles. The molecule has 1 unspecified atom stereocenters. The maximum atomic E-state index is 11.5. The second kappa shape index (κ2) is 24.7. The van der Waals surface area contributed by atoms with Crippen LogP contribution in [-0.4, -0.2) is 25.7 Å². The molecule has 0 spiro atoms. The zero-order chi connectivity index (χ0) is 35.9. The molecule has 0 radical (unpaired) electrons. The molecule has 2 aromatic rings. The summed E-state index contributed by atoms with van der Waals surface area (Å²) < 4.78 is 5.09. The number of hydrogen-bond acceptors (Lipinski definition) is 9. The molecule has 2 aromatic carbocycles. The zero-order valence-electron chi connectivity index (χ0n) is 30.3. The Balaban J connectivity index is 0.000000732. The van der Waals surface area contributed by atoms with Crippen LogP contribution in [0, 0.1) is 36.0 Å².